The topological polar surface area (TPSA) is 93.7 Å². The molecule has 0 saturated carbocycles. The number of benzene rings is 1. The van der Waals surface area contributed by atoms with Crippen molar-refractivity contribution in [1.29, 1.82) is 0 Å². The van der Waals surface area contributed by atoms with E-state index in [-0.39, 0.29) is 0 Å². The molecule has 11 heteroatoms. The number of nitrogens with one attached hydrogen (secondary N) is 1. The molecule has 1 amide bonds. The van der Waals surface area contributed by atoms with Crippen LogP contribution in [0.1, 0.15) is 30.5 Å². The van der Waals surface area contributed by atoms with Gasteiger partial charge in [0.2, 0.25) is 0 Å². The SMILES string of the molecule is C=C(F)C(=O)N1CCN(c2nc(OCC3CCCN3C)nc3c2CCCN(c2cccc4[nH]ncc24)C3)CC1. The second-order valence-corrected chi connectivity index (χ2v) is 10.7. The minimum atomic E-state index is -0.917. The van der Waals surface area contributed by atoms with Crippen LogP contribution in [0.2, 0.25) is 0 Å². The Morgan fingerprint density at radius 3 is 2.74 bits per heavy atom. The molecule has 10 nitrogen and oxygen atoms in total. The first-order chi connectivity index (χ1) is 19.0. The molecule has 3 aliphatic heterocycles. The average molecular weight is 535 g/mol. The molecule has 1 aromatic carbocycles. The smallest absolute Gasteiger partial charge is 0.318 e. The Kier molecular flexibility index (Phi) is 7.07. The summed E-state index contributed by atoms with van der Waals surface area (Å²) in [5, 5.41) is 8.41. The average Bonchev–Trinajstić information content (AvgIpc) is 3.54. The molecule has 206 valence electrons. The number of H-pyrrole nitrogens is 1. The molecule has 1 N–H and O–H groups in total. The number of nitrogens with zero attached hydrogens (tertiary/aromatic N) is 7. The van der Waals surface area contributed by atoms with Gasteiger partial charge in [-0.15, -0.1) is 0 Å². The monoisotopic (exact) mass is 534 g/mol. The molecule has 2 saturated heterocycles. The maximum atomic E-state index is 13.5. The second kappa shape index (κ2) is 10.8. The number of aromatic amines is 1. The normalized spacial score (nSPS) is 20.3. The van der Waals surface area contributed by atoms with Crippen LogP contribution in [-0.4, -0.2) is 94.8 Å². The molecule has 2 fully saturated rings. The number of anilines is 2. The summed E-state index contributed by atoms with van der Waals surface area (Å²) in [6.45, 7) is 8.26. The van der Waals surface area contributed by atoms with Crippen molar-refractivity contribution >= 4 is 28.3 Å². The van der Waals surface area contributed by atoms with E-state index in [1.54, 1.807) is 0 Å². The number of ether oxygens (including phenoxy) is 1. The van der Waals surface area contributed by atoms with Gasteiger partial charge >= 0.3 is 6.01 Å². The van der Waals surface area contributed by atoms with E-state index in [1.165, 1.54) is 11.3 Å². The summed E-state index contributed by atoms with van der Waals surface area (Å²) in [5.41, 5.74) is 4.22. The van der Waals surface area contributed by atoms with Crippen LogP contribution in [0, 0.1) is 0 Å². The van der Waals surface area contributed by atoms with E-state index >= 15 is 0 Å². The molecule has 39 heavy (non-hydrogen) atoms. The van der Waals surface area contributed by atoms with Gasteiger partial charge < -0.3 is 24.3 Å². The molecule has 1 atom stereocenters. The Hall–Kier alpha value is -3.73. The molecule has 0 spiro atoms. The standard InChI is InChI=1S/C28H35FN8O2/c1-19(29)27(38)36-14-12-35(13-15-36)26-21-7-5-11-37(25-9-3-8-23-22(25)16-30-33-23)17-24(21)31-28(32-26)39-18-20-6-4-10-34(20)2/h3,8-9,16,20H,1,4-7,10-15,17-18H2,2H3,(H,30,33). The number of rotatable bonds is 6. The number of hydrogen-bond donors (Lipinski definition) is 1. The van der Waals surface area contributed by atoms with Crippen molar-refractivity contribution in [2.75, 3.05) is 62.7 Å². The fourth-order valence-corrected chi connectivity index (χ4v) is 6.00. The van der Waals surface area contributed by atoms with Crippen molar-refractivity contribution in [2.45, 2.75) is 38.3 Å². The van der Waals surface area contributed by atoms with Crippen LogP contribution >= 0.6 is 0 Å². The third-order valence-electron chi connectivity index (χ3n) is 8.22. The minimum absolute atomic E-state index is 0.356. The number of carbonyl (C=O) groups excluding carboxylic acids is 1. The summed E-state index contributed by atoms with van der Waals surface area (Å²) in [7, 11) is 2.13. The van der Waals surface area contributed by atoms with Crippen LogP contribution < -0.4 is 14.5 Å². The molecule has 1 unspecified atom stereocenters. The van der Waals surface area contributed by atoms with Gasteiger partial charge in [-0.3, -0.25) is 9.89 Å². The first-order valence-corrected chi connectivity index (χ1v) is 13.8. The molecule has 3 aliphatic rings. The van der Waals surface area contributed by atoms with Gasteiger partial charge in [0.05, 0.1) is 24.0 Å². The highest BCUT2D eigenvalue weighted by molar-refractivity contribution is 5.91. The van der Waals surface area contributed by atoms with Crippen molar-refractivity contribution in [3.63, 3.8) is 0 Å². The van der Waals surface area contributed by atoms with Crippen LogP contribution in [0.25, 0.3) is 10.9 Å². The quantitative estimate of drug-likeness (QED) is 0.483. The summed E-state index contributed by atoms with van der Waals surface area (Å²) in [6.07, 6.45) is 5.94. The van der Waals surface area contributed by atoms with Crippen molar-refractivity contribution in [3.8, 4) is 6.01 Å². The van der Waals surface area contributed by atoms with E-state index in [1.807, 2.05) is 18.3 Å². The first-order valence-electron chi connectivity index (χ1n) is 13.8. The fraction of sp³-hybridized carbons (Fsp3) is 0.500. The zero-order valence-corrected chi connectivity index (χ0v) is 22.4. The lowest BCUT2D eigenvalue weighted by Crippen LogP contribution is -2.49. The van der Waals surface area contributed by atoms with Gasteiger partial charge in [-0.2, -0.15) is 15.1 Å². The van der Waals surface area contributed by atoms with Crippen LogP contribution in [0.15, 0.2) is 36.8 Å². The summed E-state index contributed by atoms with van der Waals surface area (Å²) in [5.74, 6) is -0.686. The number of hydrogen-bond acceptors (Lipinski definition) is 8. The van der Waals surface area contributed by atoms with E-state index < -0.39 is 11.7 Å². The van der Waals surface area contributed by atoms with Gasteiger partial charge in [0.25, 0.3) is 5.91 Å². The number of halogens is 1. The highest BCUT2D eigenvalue weighted by Crippen LogP contribution is 2.33. The summed E-state index contributed by atoms with van der Waals surface area (Å²) >= 11 is 0. The fourth-order valence-electron chi connectivity index (χ4n) is 6.00. The van der Waals surface area contributed by atoms with Gasteiger partial charge in [0.1, 0.15) is 12.4 Å². The maximum absolute atomic E-state index is 13.5. The van der Waals surface area contributed by atoms with Gasteiger partial charge in [0, 0.05) is 55.4 Å². The van der Waals surface area contributed by atoms with Crippen LogP contribution in [-0.2, 0) is 17.8 Å². The Balaban J connectivity index is 1.30. The lowest BCUT2D eigenvalue weighted by molar-refractivity contribution is -0.128. The first kappa shape index (κ1) is 25.5. The number of carbonyl (C=O) groups is 1. The Labute approximate surface area is 227 Å². The highest BCUT2D eigenvalue weighted by atomic mass is 19.1. The largest absolute Gasteiger partial charge is 0.462 e. The number of amides is 1. The molecule has 0 aliphatic carbocycles. The lowest BCUT2D eigenvalue weighted by atomic mass is 10.1. The van der Waals surface area contributed by atoms with E-state index in [4.69, 9.17) is 14.7 Å². The Bertz CT molecular complexity index is 1370. The van der Waals surface area contributed by atoms with Crippen LogP contribution in [0.5, 0.6) is 6.01 Å². The van der Waals surface area contributed by atoms with E-state index in [9.17, 15) is 9.18 Å². The zero-order chi connectivity index (χ0) is 26.9. The lowest BCUT2D eigenvalue weighted by Gasteiger charge is -2.36. The number of fused-ring (bicyclic) bond motifs is 2. The molecule has 2 aromatic heterocycles. The molecule has 6 rings (SSSR count). The summed E-state index contributed by atoms with van der Waals surface area (Å²) in [4.78, 5) is 30.4. The summed E-state index contributed by atoms with van der Waals surface area (Å²) in [6, 6.07) is 6.96. The Morgan fingerprint density at radius 2 is 1.97 bits per heavy atom. The van der Waals surface area contributed by atoms with Crippen LogP contribution in [0.4, 0.5) is 15.9 Å². The maximum Gasteiger partial charge on any atom is 0.318 e. The van der Waals surface area contributed by atoms with Crippen molar-refractivity contribution < 1.29 is 13.9 Å². The zero-order valence-electron chi connectivity index (χ0n) is 22.4. The molecule has 5 heterocycles. The molecular formula is C28H35FN8O2. The number of likely N-dealkylation sites (N-methyl/N-ethyl adjacent to an activating group) is 1. The van der Waals surface area contributed by atoms with E-state index in [0.29, 0.717) is 51.4 Å². The third-order valence-corrected chi connectivity index (χ3v) is 8.22. The molecule has 0 radical (unpaired) electrons. The van der Waals surface area contributed by atoms with E-state index in [2.05, 4.69) is 44.6 Å². The second-order valence-electron chi connectivity index (χ2n) is 10.7. The molecular weight excluding hydrogens is 499 g/mol. The minimum Gasteiger partial charge on any atom is -0.462 e. The number of piperazine rings is 1. The predicted octanol–water partition coefficient (Wildman–Crippen LogP) is 2.91. The Morgan fingerprint density at radius 1 is 1.13 bits per heavy atom. The van der Waals surface area contributed by atoms with Gasteiger partial charge in [-0.05, 0) is 51.4 Å². The predicted molar refractivity (Wildman–Crippen MR) is 148 cm³/mol. The van der Waals surface area contributed by atoms with Gasteiger partial charge in [-0.1, -0.05) is 12.6 Å². The number of likely N-dealkylation sites (tertiary alicyclic amines) is 1. The van der Waals surface area contributed by atoms with Gasteiger partial charge in [0.15, 0.2) is 5.83 Å². The highest BCUT2D eigenvalue weighted by Gasteiger charge is 2.29. The third kappa shape index (κ3) is 5.15. The summed E-state index contributed by atoms with van der Waals surface area (Å²) < 4.78 is 19.7. The van der Waals surface area contributed by atoms with Crippen molar-refractivity contribution in [1.82, 2.24) is 30.0 Å². The van der Waals surface area contributed by atoms with Crippen molar-refractivity contribution in [3.05, 3.63) is 48.1 Å². The molecule has 0 bridgehead atoms. The van der Waals surface area contributed by atoms with Gasteiger partial charge in [-0.25, -0.2) is 4.39 Å². The number of aromatic nitrogens is 4. The van der Waals surface area contributed by atoms with E-state index in [0.717, 1.165) is 66.0 Å². The molecule has 3 aromatic rings. The van der Waals surface area contributed by atoms with Crippen LogP contribution in [0.3, 0.4) is 0 Å². The van der Waals surface area contributed by atoms with Crippen molar-refractivity contribution in [2.24, 2.45) is 0 Å².